The van der Waals surface area contributed by atoms with Crippen molar-refractivity contribution in [2.24, 2.45) is 5.92 Å². The molecule has 3 rings (SSSR count). The highest BCUT2D eigenvalue weighted by molar-refractivity contribution is 7.89. The summed E-state index contributed by atoms with van der Waals surface area (Å²) in [6, 6.07) is 14.1. The van der Waals surface area contributed by atoms with Crippen LogP contribution in [0.15, 0.2) is 53.4 Å². The molecule has 0 unspecified atom stereocenters. The lowest BCUT2D eigenvalue weighted by molar-refractivity contribution is 0.0752. The summed E-state index contributed by atoms with van der Waals surface area (Å²) in [5.41, 5.74) is 1.57. The molecule has 3 atom stereocenters. The molecule has 33 heavy (non-hydrogen) atoms. The summed E-state index contributed by atoms with van der Waals surface area (Å²) >= 11 is 0. The van der Waals surface area contributed by atoms with Crippen molar-refractivity contribution in [1.82, 2.24) is 9.21 Å². The van der Waals surface area contributed by atoms with E-state index in [0.717, 1.165) is 18.5 Å². The van der Waals surface area contributed by atoms with Gasteiger partial charge in [0.1, 0.15) is 16.7 Å². The number of nitrogens with zero attached hydrogens (tertiary/aromatic N) is 2. The summed E-state index contributed by atoms with van der Waals surface area (Å²) in [5.74, 6) is 6.48. The van der Waals surface area contributed by atoms with Crippen molar-refractivity contribution in [2.45, 2.75) is 44.2 Å². The van der Waals surface area contributed by atoms with Crippen LogP contribution in [0.4, 0.5) is 0 Å². The molecule has 0 saturated carbocycles. The molecule has 7 heteroatoms. The molecule has 1 aliphatic rings. The molecule has 2 aromatic rings. The highest BCUT2D eigenvalue weighted by Crippen LogP contribution is 2.34. The topological polar surface area (TPSA) is 70.1 Å². The van der Waals surface area contributed by atoms with Crippen molar-refractivity contribution in [2.75, 3.05) is 33.3 Å². The van der Waals surface area contributed by atoms with Gasteiger partial charge in [-0.15, -0.1) is 0 Å². The maximum absolute atomic E-state index is 13.5. The Bertz CT molecular complexity index is 1090. The van der Waals surface area contributed by atoms with Crippen LogP contribution < -0.4 is 4.74 Å². The number of aliphatic hydroxyl groups is 1. The van der Waals surface area contributed by atoms with Crippen molar-refractivity contribution in [1.29, 1.82) is 0 Å². The Morgan fingerprint density at radius 3 is 2.55 bits per heavy atom. The standard InChI is InChI=1S/C26H34N2O4S/c1-5-15-27(4)18-25-20(2)17-28(21(3)19-29)33(30,31)26-14-13-23(16-24(26)32-25)12-11-22-9-7-6-8-10-22/h6-10,13-14,16,20-21,25,29H,5,15,17-19H2,1-4H3/t20-,21-,25-/m1/s1. The van der Waals surface area contributed by atoms with Gasteiger partial charge in [0.2, 0.25) is 10.0 Å². The number of hydrogen-bond acceptors (Lipinski definition) is 5. The lowest BCUT2D eigenvalue weighted by Gasteiger charge is -2.37. The Balaban J connectivity index is 2.05. The maximum atomic E-state index is 13.5. The van der Waals surface area contributed by atoms with E-state index in [1.54, 1.807) is 25.1 Å². The second-order valence-corrected chi connectivity index (χ2v) is 10.6. The third-order valence-electron chi connectivity index (χ3n) is 5.89. The van der Waals surface area contributed by atoms with Crippen LogP contribution >= 0.6 is 0 Å². The molecule has 1 N–H and O–H groups in total. The van der Waals surface area contributed by atoms with Gasteiger partial charge in [-0.2, -0.15) is 4.31 Å². The minimum atomic E-state index is -3.85. The fourth-order valence-corrected chi connectivity index (χ4v) is 5.79. The number of ether oxygens (including phenoxy) is 1. The van der Waals surface area contributed by atoms with Crippen LogP contribution in [0.5, 0.6) is 5.75 Å². The van der Waals surface area contributed by atoms with Gasteiger partial charge in [0, 0.05) is 36.2 Å². The fraction of sp³-hybridized carbons (Fsp3) is 0.462. The number of hydrogen-bond donors (Lipinski definition) is 1. The predicted octanol–water partition coefficient (Wildman–Crippen LogP) is 3.20. The molecular formula is C26H34N2O4S. The summed E-state index contributed by atoms with van der Waals surface area (Å²) in [7, 11) is -1.80. The molecular weight excluding hydrogens is 436 g/mol. The van der Waals surface area contributed by atoms with Crippen molar-refractivity contribution in [3.8, 4) is 17.6 Å². The molecule has 0 spiro atoms. The second kappa shape index (κ2) is 11.2. The Morgan fingerprint density at radius 2 is 1.88 bits per heavy atom. The fourth-order valence-electron chi connectivity index (χ4n) is 3.97. The Labute approximate surface area is 198 Å². The van der Waals surface area contributed by atoms with Crippen LogP contribution in [-0.4, -0.2) is 68.2 Å². The first-order valence-corrected chi connectivity index (χ1v) is 12.9. The van der Waals surface area contributed by atoms with Gasteiger partial charge < -0.3 is 14.7 Å². The summed E-state index contributed by atoms with van der Waals surface area (Å²) in [5, 5.41) is 9.76. The number of benzene rings is 2. The van der Waals surface area contributed by atoms with E-state index in [-0.39, 0.29) is 30.1 Å². The molecule has 0 aromatic heterocycles. The molecule has 0 aliphatic carbocycles. The molecule has 2 aromatic carbocycles. The monoisotopic (exact) mass is 470 g/mol. The van der Waals surface area contributed by atoms with E-state index in [9.17, 15) is 13.5 Å². The average Bonchev–Trinajstić information content (AvgIpc) is 2.80. The summed E-state index contributed by atoms with van der Waals surface area (Å²) < 4.78 is 34.8. The molecule has 0 saturated heterocycles. The Hall–Kier alpha value is -2.37. The molecule has 1 heterocycles. The zero-order chi connectivity index (χ0) is 24.0. The number of fused-ring (bicyclic) bond motifs is 1. The van der Waals surface area contributed by atoms with Gasteiger partial charge in [-0.05, 0) is 57.3 Å². The van der Waals surface area contributed by atoms with Crippen molar-refractivity contribution in [3.63, 3.8) is 0 Å². The number of aliphatic hydroxyl groups excluding tert-OH is 1. The minimum Gasteiger partial charge on any atom is -0.487 e. The van der Waals surface area contributed by atoms with Gasteiger partial charge in [0.25, 0.3) is 0 Å². The van der Waals surface area contributed by atoms with Crippen molar-refractivity contribution in [3.05, 3.63) is 59.7 Å². The average molecular weight is 471 g/mol. The first-order valence-electron chi connectivity index (χ1n) is 11.4. The van der Waals surface area contributed by atoms with E-state index in [0.29, 0.717) is 17.9 Å². The number of sulfonamides is 1. The molecule has 0 bridgehead atoms. The van der Waals surface area contributed by atoms with Gasteiger partial charge in [0.05, 0.1) is 6.61 Å². The Morgan fingerprint density at radius 1 is 1.18 bits per heavy atom. The van der Waals surface area contributed by atoms with Crippen LogP contribution in [0.3, 0.4) is 0 Å². The van der Waals surface area contributed by atoms with Crippen LogP contribution in [0.1, 0.15) is 38.3 Å². The van der Waals surface area contributed by atoms with E-state index < -0.39 is 16.1 Å². The first-order chi connectivity index (χ1) is 15.8. The zero-order valence-electron chi connectivity index (χ0n) is 19.9. The van der Waals surface area contributed by atoms with E-state index in [4.69, 9.17) is 4.74 Å². The van der Waals surface area contributed by atoms with Crippen molar-refractivity contribution < 1.29 is 18.3 Å². The largest absolute Gasteiger partial charge is 0.487 e. The lowest BCUT2D eigenvalue weighted by Crippen LogP contribution is -2.49. The minimum absolute atomic E-state index is 0.0692. The summed E-state index contributed by atoms with van der Waals surface area (Å²) in [6.07, 6.45) is 0.816. The second-order valence-electron chi connectivity index (χ2n) is 8.78. The molecule has 0 fully saturated rings. The van der Waals surface area contributed by atoms with Crippen molar-refractivity contribution >= 4 is 10.0 Å². The normalized spacial score (nSPS) is 21.2. The third-order valence-corrected chi connectivity index (χ3v) is 7.91. The number of likely N-dealkylation sites (N-methyl/N-ethyl adjacent to an activating group) is 1. The van der Waals surface area contributed by atoms with Gasteiger partial charge in [-0.1, -0.05) is 43.9 Å². The highest BCUT2D eigenvalue weighted by Gasteiger charge is 2.38. The Kier molecular flexibility index (Phi) is 8.55. The van der Waals surface area contributed by atoms with Crippen LogP contribution in [0.25, 0.3) is 0 Å². The summed E-state index contributed by atoms with van der Waals surface area (Å²) in [6.45, 7) is 7.49. The van der Waals surface area contributed by atoms with Crippen LogP contribution in [-0.2, 0) is 10.0 Å². The van der Waals surface area contributed by atoms with Gasteiger partial charge in [-0.25, -0.2) is 8.42 Å². The maximum Gasteiger partial charge on any atom is 0.247 e. The molecule has 1 aliphatic heterocycles. The third kappa shape index (κ3) is 6.15. The van der Waals surface area contributed by atoms with Gasteiger partial charge in [-0.3, -0.25) is 0 Å². The quantitative estimate of drug-likeness (QED) is 0.657. The first kappa shape index (κ1) is 25.3. The van der Waals surface area contributed by atoms with Crippen LogP contribution in [0, 0.1) is 17.8 Å². The highest BCUT2D eigenvalue weighted by atomic mass is 32.2. The van der Waals surface area contributed by atoms with E-state index in [2.05, 4.69) is 23.7 Å². The van der Waals surface area contributed by atoms with E-state index in [1.165, 1.54) is 4.31 Å². The smallest absolute Gasteiger partial charge is 0.247 e. The molecule has 178 valence electrons. The SMILES string of the molecule is CCCN(C)C[C@H]1Oc2cc(C#Cc3ccccc3)ccc2S(=O)(=O)N([C@H](C)CO)C[C@H]1C. The number of rotatable bonds is 6. The van der Waals surface area contributed by atoms with Crippen LogP contribution in [0.2, 0.25) is 0 Å². The molecule has 0 radical (unpaired) electrons. The lowest BCUT2D eigenvalue weighted by atomic mass is 10.0. The molecule has 0 amide bonds. The zero-order valence-corrected chi connectivity index (χ0v) is 20.7. The van der Waals surface area contributed by atoms with Gasteiger partial charge >= 0.3 is 0 Å². The molecule has 6 nitrogen and oxygen atoms in total. The van der Waals surface area contributed by atoms with E-state index in [1.807, 2.05) is 44.3 Å². The van der Waals surface area contributed by atoms with E-state index >= 15 is 0 Å². The van der Waals surface area contributed by atoms with Gasteiger partial charge in [0.15, 0.2) is 0 Å². The predicted molar refractivity (Wildman–Crippen MR) is 131 cm³/mol. The summed E-state index contributed by atoms with van der Waals surface area (Å²) in [4.78, 5) is 2.32.